The van der Waals surface area contributed by atoms with Gasteiger partial charge in [-0.15, -0.1) is 0 Å². The van der Waals surface area contributed by atoms with Gasteiger partial charge in [-0.05, 0) is 55.5 Å². The Morgan fingerprint density at radius 2 is 1.24 bits per heavy atom. The van der Waals surface area contributed by atoms with E-state index in [1.54, 1.807) is 29.2 Å². The number of benzene rings is 3. The predicted octanol–water partition coefficient (Wildman–Crippen LogP) is 4.88. The van der Waals surface area contributed by atoms with Gasteiger partial charge in [0.2, 0.25) is 11.8 Å². The van der Waals surface area contributed by atoms with Gasteiger partial charge < -0.3 is 14.5 Å². The number of para-hydroxylation sites is 2. The first kappa shape index (κ1) is 20.1. The number of ether oxygens (including phenoxy) is 1. The van der Waals surface area contributed by atoms with Crippen LogP contribution in [0.15, 0.2) is 84.9 Å². The molecule has 0 fully saturated rings. The highest BCUT2D eigenvalue weighted by Gasteiger charge is 2.20. The first-order valence-electron chi connectivity index (χ1n) is 9.55. The van der Waals surface area contributed by atoms with Gasteiger partial charge in [-0.1, -0.05) is 36.4 Å². The molecule has 0 spiro atoms. The maximum atomic E-state index is 12.9. The first-order valence-corrected chi connectivity index (χ1v) is 9.55. The number of carbonyl (C=O) groups is 2. The molecule has 0 aliphatic heterocycles. The summed E-state index contributed by atoms with van der Waals surface area (Å²) in [6.45, 7) is 3.87. The summed E-state index contributed by atoms with van der Waals surface area (Å²) in [5.74, 6) is 1.06. The molecular weight excluding hydrogens is 364 g/mol. The van der Waals surface area contributed by atoms with E-state index >= 15 is 0 Å². The smallest absolute Gasteiger partial charge is 0.247 e. The quantitative estimate of drug-likeness (QED) is 0.579. The van der Waals surface area contributed by atoms with Crippen LogP contribution in [0.1, 0.15) is 13.8 Å². The summed E-state index contributed by atoms with van der Waals surface area (Å²) < 4.78 is 5.79. The van der Waals surface area contributed by atoms with Crippen LogP contribution in [-0.4, -0.2) is 24.9 Å². The number of nitrogens with zero attached hydrogens (tertiary/aromatic N) is 2. The van der Waals surface area contributed by atoms with Gasteiger partial charge in [-0.25, -0.2) is 0 Å². The molecular formula is C24H24N2O3. The normalized spacial score (nSPS) is 10.3. The van der Waals surface area contributed by atoms with E-state index < -0.39 is 0 Å². The van der Waals surface area contributed by atoms with Crippen molar-refractivity contribution < 1.29 is 14.3 Å². The van der Waals surface area contributed by atoms with Crippen molar-refractivity contribution in [2.45, 2.75) is 13.8 Å². The highest BCUT2D eigenvalue weighted by molar-refractivity contribution is 6.03. The van der Waals surface area contributed by atoms with E-state index in [4.69, 9.17) is 4.74 Å². The zero-order valence-electron chi connectivity index (χ0n) is 16.6. The molecule has 0 heterocycles. The van der Waals surface area contributed by atoms with Crippen LogP contribution in [0.2, 0.25) is 0 Å². The average molecular weight is 388 g/mol. The highest BCUT2D eigenvalue weighted by Crippen LogP contribution is 2.25. The summed E-state index contributed by atoms with van der Waals surface area (Å²) in [6.07, 6.45) is 0. The molecule has 0 radical (unpaired) electrons. The molecule has 0 unspecified atom stereocenters. The minimum Gasteiger partial charge on any atom is -0.457 e. The van der Waals surface area contributed by atoms with Crippen molar-refractivity contribution in [1.29, 1.82) is 0 Å². The molecule has 0 aromatic heterocycles. The van der Waals surface area contributed by atoms with Crippen molar-refractivity contribution in [2.75, 3.05) is 22.9 Å². The third-order valence-corrected chi connectivity index (χ3v) is 4.49. The summed E-state index contributed by atoms with van der Waals surface area (Å²) in [4.78, 5) is 28.2. The lowest BCUT2D eigenvalue weighted by atomic mass is 10.2. The molecule has 5 heteroatoms. The molecule has 148 valence electrons. The van der Waals surface area contributed by atoms with Crippen LogP contribution in [0, 0.1) is 0 Å². The van der Waals surface area contributed by atoms with Gasteiger partial charge in [-0.2, -0.15) is 0 Å². The summed E-state index contributed by atoms with van der Waals surface area (Å²) in [7, 11) is 0. The van der Waals surface area contributed by atoms with Gasteiger partial charge in [0, 0.05) is 24.8 Å². The summed E-state index contributed by atoms with van der Waals surface area (Å²) in [5.41, 5.74) is 1.46. The van der Waals surface area contributed by atoms with Crippen LogP contribution in [0.3, 0.4) is 0 Å². The van der Waals surface area contributed by atoms with E-state index in [0.29, 0.717) is 18.0 Å². The standard InChI is InChI=1S/C24H24N2O3/c1-3-25(20-10-6-4-7-11-20)24(28)18-26(19(2)27)21-14-16-23(17-15-21)29-22-12-8-5-9-13-22/h4-17H,3,18H2,1-2H3. The Bertz CT molecular complexity index is 941. The molecule has 0 atom stereocenters. The SMILES string of the molecule is CCN(C(=O)CN(C(C)=O)c1ccc(Oc2ccccc2)cc1)c1ccccc1. The fraction of sp³-hybridized carbons (Fsp3) is 0.167. The predicted molar refractivity (Wildman–Crippen MR) is 115 cm³/mol. The Morgan fingerprint density at radius 3 is 1.79 bits per heavy atom. The molecule has 0 aliphatic rings. The third-order valence-electron chi connectivity index (χ3n) is 4.49. The van der Waals surface area contributed by atoms with E-state index in [2.05, 4.69) is 0 Å². The van der Waals surface area contributed by atoms with Crippen molar-refractivity contribution in [1.82, 2.24) is 0 Å². The molecule has 0 saturated carbocycles. The molecule has 3 aromatic carbocycles. The van der Waals surface area contributed by atoms with E-state index in [9.17, 15) is 9.59 Å². The van der Waals surface area contributed by atoms with E-state index in [1.165, 1.54) is 11.8 Å². The molecule has 0 aliphatic carbocycles. The number of amides is 2. The monoisotopic (exact) mass is 388 g/mol. The second-order valence-corrected chi connectivity index (χ2v) is 6.49. The Kier molecular flexibility index (Phi) is 6.63. The van der Waals surface area contributed by atoms with Gasteiger partial charge in [0.15, 0.2) is 0 Å². The summed E-state index contributed by atoms with van der Waals surface area (Å²) in [6, 6.07) is 26.1. The number of rotatable bonds is 7. The second kappa shape index (κ2) is 9.55. The van der Waals surface area contributed by atoms with Gasteiger partial charge >= 0.3 is 0 Å². The zero-order chi connectivity index (χ0) is 20.6. The van der Waals surface area contributed by atoms with Crippen LogP contribution in [-0.2, 0) is 9.59 Å². The number of likely N-dealkylation sites (N-methyl/N-ethyl adjacent to an activating group) is 1. The largest absolute Gasteiger partial charge is 0.457 e. The van der Waals surface area contributed by atoms with Crippen LogP contribution in [0.25, 0.3) is 0 Å². The molecule has 0 N–H and O–H groups in total. The van der Waals surface area contributed by atoms with Crippen LogP contribution >= 0.6 is 0 Å². The topological polar surface area (TPSA) is 49.9 Å². The van der Waals surface area contributed by atoms with Crippen LogP contribution < -0.4 is 14.5 Å². The maximum absolute atomic E-state index is 12.9. The molecule has 3 aromatic rings. The van der Waals surface area contributed by atoms with Crippen molar-refractivity contribution >= 4 is 23.2 Å². The Morgan fingerprint density at radius 1 is 0.724 bits per heavy atom. The molecule has 2 amide bonds. The minimum absolute atomic E-state index is 0.0308. The fourth-order valence-corrected chi connectivity index (χ4v) is 3.03. The number of hydrogen-bond acceptors (Lipinski definition) is 3. The molecule has 0 bridgehead atoms. The second-order valence-electron chi connectivity index (χ2n) is 6.49. The molecule has 29 heavy (non-hydrogen) atoms. The van der Waals surface area contributed by atoms with E-state index in [1.807, 2.05) is 67.6 Å². The Balaban J connectivity index is 1.74. The molecule has 5 nitrogen and oxygen atoms in total. The Hall–Kier alpha value is -3.60. The van der Waals surface area contributed by atoms with E-state index in [-0.39, 0.29) is 18.4 Å². The minimum atomic E-state index is -0.195. The van der Waals surface area contributed by atoms with E-state index in [0.717, 1.165) is 11.4 Å². The lowest BCUT2D eigenvalue weighted by Crippen LogP contribution is -2.42. The zero-order valence-corrected chi connectivity index (χ0v) is 16.6. The Labute approximate surface area is 171 Å². The van der Waals surface area contributed by atoms with Gasteiger partial charge in [0.05, 0.1) is 0 Å². The summed E-state index contributed by atoms with van der Waals surface area (Å²) in [5, 5.41) is 0. The van der Waals surface area contributed by atoms with Crippen molar-refractivity contribution in [3.63, 3.8) is 0 Å². The third kappa shape index (κ3) is 5.23. The number of carbonyl (C=O) groups excluding carboxylic acids is 2. The number of hydrogen-bond donors (Lipinski definition) is 0. The number of anilines is 2. The molecule has 3 rings (SSSR count). The fourth-order valence-electron chi connectivity index (χ4n) is 3.03. The van der Waals surface area contributed by atoms with Crippen molar-refractivity contribution in [3.8, 4) is 11.5 Å². The maximum Gasteiger partial charge on any atom is 0.247 e. The lowest BCUT2D eigenvalue weighted by Gasteiger charge is -2.26. The summed E-state index contributed by atoms with van der Waals surface area (Å²) >= 11 is 0. The van der Waals surface area contributed by atoms with Gasteiger partial charge in [0.25, 0.3) is 0 Å². The lowest BCUT2D eigenvalue weighted by molar-refractivity contribution is -0.121. The van der Waals surface area contributed by atoms with Crippen molar-refractivity contribution in [2.24, 2.45) is 0 Å². The average Bonchev–Trinajstić information content (AvgIpc) is 2.74. The van der Waals surface area contributed by atoms with Gasteiger partial charge in [0.1, 0.15) is 18.0 Å². The first-order chi connectivity index (χ1) is 14.1. The highest BCUT2D eigenvalue weighted by atomic mass is 16.5. The van der Waals surface area contributed by atoms with Crippen LogP contribution in [0.5, 0.6) is 11.5 Å². The van der Waals surface area contributed by atoms with Gasteiger partial charge in [-0.3, -0.25) is 9.59 Å². The molecule has 0 saturated heterocycles. The van der Waals surface area contributed by atoms with Crippen LogP contribution in [0.4, 0.5) is 11.4 Å². The van der Waals surface area contributed by atoms with Crippen molar-refractivity contribution in [3.05, 3.63) is 84.9 Å².